The van der Waals surface area contributed by atoms with Crippen molar-refractivity contribution in [3.63, 3.8) is 0 Å². The number of aryl methyl sites for hydroxylation is 1. The van der Waals surface area contributed by atoms with E-state index < -0.39 is 5.54 Å². The summed E-state index contributed by atoms with van der Waals surface area (Å²) in [7, 11) is 3.85. The molecule has 102 valence electrons. The topological polar surface area (TPSA) is 50.1 Å². The van der Waals surface area contributed by atoms with Crippen molar-refractivity contribution >= 4 is 11.8 Å². The quantitative estimate of drug-likeness (QED) is 0.788. The number of aliphatic hydroxyl groups excluding tert-OH is 1. The molecule has 4 nitrogen and oxygen atoms in total. The van der Waals surface area contributed by atoms with E-state index in [0.29, 0.717) is 0 Å². The lowest BCUT2D eigenvalue weighted by molar-refractivity contribution is 0.187. The fraction of sp³-hybridized carbons (Fsp3) is 0.357. The van der Waals surface area contributed by atoms with Crippen LogP contribution in [0.15, 0.2) is 47.9 Å². The van der Waals surface area contributed by atoms with E-state index in [1.807, 2.05) is 55.2 Å². The molecule has 2 N–H and O–H groups in total. The minimum absolute atomic E-state index is 0.0466. The molecule has 0 bridgehead atoms. The maximum atomic E-state index is 9.82. The normalized spacial score (nSPS) is 14.3. The molecule has 19 heavy (non-hydrogen) atoms. The van der Waals surface area contributed by atoms with Crippen LogP contribution in [0.3, 0.4) is 0 Å². The Hall–Kier alpha value is -1.30. The van der Waals surface area contributed by atoms with Gasteiger partial charge in [0, 0.05) is 25.2 Å². The summed E-state index contributed by atoms with van der Waals surface area (Å²) in [5.41, 5.74) is 0.638. The second-order valence-electron chi connectivity index (χ2n) is 4.47. The summed E-state index contributed by atoms with van der Waals surface area (Å²) in [6.07, 6.45) is 3.70. The summed E-state index contributed by atoms with van der Waals surface area (Å²) in [6, 6.07) is 10.0. The van der Waals surface area contributed by atoms with Crippen LogP contribution < -0.4 is 5.32 Å². The van der Waals surface area contributed by atoms with Crippen molar-refractivity contribution in [3.05, 3.63) is 48.3 Å². The zero-order valence-corrected chi connectivity index (χ0v) is 12.0. The van der Waals surface area contributed by atoms with Gasteiger partial charge in [0.2, 0.25) is 0 Å². The molecule has 0 aliphatic carbocycles. The summed E-state index contributed by atoms with van der Waals surface area (Å²) in [5.74, 6) is 0.717. The van der Waals surface area contributed by atoms with Crippen LogP contribution in [0, 0.1) is 0 Å². The van der Waals surface area contributed by atoms with Crippen LogP contribution in [0.5, 0.6) is 0 Å². The molecule has 1 heterocycles. The number of benzene rings is 1. The Bertz CT molecular complexity index is 508. The molecule has 0 aliphatic rings. The minimum atomic E-state index is -0.447. The number of likely N-dealkylation sites (N-methyl/N-ethyl adjacent to an activating group) is 1. The zero-order chi connectivity index (χ0) is 13.7. The number of hydrogen-bond acceptors (Lipinski definition) is 4. The summed E-state index contributed by atoms with van der Waals surface area (Å²) >= 11 is 1.63. The van der Waals surface area contributed by atoms with Gasteiger partial charge in [-0.05, 0) is 12.6 Å². The van der Waals surface area contributed by atoms with Crippen molar-refractivity contribution in [2.75, 3.05) is 19.4 Å². The second-order valence-corrected chi connectivity index (χ2v) is 5.41. The van der Waals surface area contributed by atoms with Crippen LogP contribution in [0.4, 0.5) is 0 Å². The molecule has 0 saturated heterocycles. The first-order chi connectivity index (χ1) is 9.22. The maximum Gasteiger partial charge on any atom is 0.167 e. The predicted octanol–water partition coefficient (Wildman–Crippen LogP) is 1.62. The lowest BCUT2D eigenvalue weighted by Crippen LogP contribution is -2.45. The van der Waals surface area contributed by atoms with Crippen LogP contribution in [0.2, 0.25) is 0 Å². The molecule has 2 aromatic rings. The number of rotatable bonds is 6. The lowest BCUT2D eigenvalue weighted by Gasteiger charge is -2.31. The number of aromatic nitrogens is 2. The standard InChI is InChI=1S/C14H19N3OS/c1-15-14(10-18,12-6-4-3-5-7-12)11-19-13-16-8-9-17(13)2/h3-9,15,18H,10-11H2,1-2H3. The Balaban J connectivity index is 2.18. The number of nitrogens with one attached hydrogen (secondary N) is 1. The van der Waals surface area contributed by atoms with E-state index >= 15 is 0 Å². The van der Waals surface area contributed by atoms with Crippen molar-refractivity contribution in [1.29, 1.82) is 0 Å². The van der Waals surface area contributed by atoms with E-state index in [9.17, 15) is 5.11 Å². The number of imidazole rings is 1. The molecular formula is C14H19N3OS. The average Bonchev–Trinajstić information content (AvgIpc) is 2.87. The van der Waals surface area contributed by atoms with Crippen molar-refractivity contribution < 1.29 is 5.11 Å². The van der Waals surface area contributed by atoms with Gasteiger partial charge in [-0.25, -0.2) is 4.98 Å². The highest BCUT2D eigenvalue weighted by Crippen LogP contribution is 2.28. The first-order valence-electron chi connectivity index (χ1n) is 6.17. The Kier molecular flexibility index (Phi) is 4.63. The van der Waals surface area contributed by atoms with Gasteiger partial charge in [0.1, 0.15) is 0 Å². The highest BCUT2D eigenvalue weighted by atomic mass is 32.2. The van der Waals surface area contributed by atoms with Crippen LogP contribution in [-0.4, -0.2) is 34.1 Å². The molecular weight excluding hydrogens is 258 g/mol. The molecule has 1 unspecified atom stereocenters. The molecule has 1 aromatic heterocycles. The third-order valence-electron chi connectivity index (χ3n) is 3.30. The number of aliphatic hydroxyl groups is 1. The van der Waals surface area contributed by atoms with E-state index in [-0.39, 0.29) is 6.61 Å². The van der Waals surface area contributed by atoms with E-state index in [4.69, 9.17) is 0 Å². The van der Waals surface area contributed by atoms with Crippen LogP contribution in [-0.2, 0) is 12.6 Å². The molecule has 5 heteroatoms. The van der Waals surface area contributed by atoms with Gasteiger partial charge in [-0.15, -0.1) is 0 Å². The largest absolute Gasteiger partial charge is 0.394 e. The molecule has 0 fully saturated rings. The van der Waals surface area contributed by atoms with E-state index in [1.54, 1.807) is 18.0 Å². The van der Waals surface area contributed by atoms with Gasteiger partial charge in [-0.3, -0.25) is 0 Å². The van der Waals surface area contributed by atoms with Gasteiger partial charge in [0.15, 0.2) is 5.16 Å². The van der Waals surface area contributed by atoms with Crippen molar-refractivity contribution in [2.45, 2.75) is 10.7 Å². The Morgan fingerprint density at radius 2 is 2.11 bits per heavy atom. The highest BCUT2D eigenvalue weighted by molar-refractivity contribution is 7.99. The summed E-state index contributed by atoms with van der Waals surface area (Å²) < 4.78 is 1.98. The first kappa shape index (κ1) is 14.1. The second kappa shape index (κ2) is 6.23. The summed E-state index contributed by atoms with van der Waals surface area (Å²) in [5, 5.41) is 14.0. The van der Waals surface area contributed by atoms with Crippen LogP contribution >= 0.6 is 11.8 Å². The van der Waals surface area contributed by atoms with E-state index in [1.165, 1.54) is 0 Å². The SMILES string of the molecule is CNC(CO)(CSc1nccn1C)c1ccccc1. The maximum absolute atomic E-state index is 9.82. The molecule has 0 aliphatic heterocycles. The van der Waals surface area contributed by atoms with Gasteiger partial charge in [-0.2, -0.15) is 0 Å². The average molecular weight is 277 g/mol. The molecule has 0 saturated carbocycles. The summed E-state index contributed by atoms with van der Waals surface area (Å²) in [4.78, 5) is 4.30. The minimum Gasteiger partial charge on any atom is -0.394 e. The molecule has 1 aromatic carbocycles. The van der Waals surface area contributed by atoms with Crippen molar-refractivity contribution in [3.8, 4) is 0 Å². The molecule has 1 atom stereocenters. The first-order valence-corrected chi connectivity index (χ1v) is 7.16. The molecule has 0 radical (unpaired) electrons. The van der Waals surface area contributed by atoms with Gasteiger partial charge < -0.3 is 15.0 Å². The van der Waals surface area contributed by atoms with Crippen LogP contribution in [0.25, 0.3) is 0 Å². The number of nitrogens with zero attached hydrogens (tertiary/aromatic N) is 2. The van der Waals surface area contributed by atoms with Crippen molar-refractivity contribution in [2.24, 2.45) is 7.05 Å². The predicted molar refractivity (Wildman–Crippen MR) is 78.2 cm³/mol. The third kappa shape index (κ3) is 3.00. The van der Waals surface area contributed by atoms with E-state index in [0.717, 1.165) is 16.5 Å². The van der Waals surface area contributed by atoms with Gasteiger partial charge in [-0.1, -0.05) is 42.1 Å². The Labute approximate surface area is 117 Å². The number of thioether (sulfide) groups is 1. The zero-order valence-electron chi connectivity index (χ0n) is 11.2. The van der Waals surface area contributed by atoms with Gasteiger partial charge >= 0.3 is 0 Å². The molecule has 0 spiro atoms. The Morgan fingerprint density at radius 1 is 1.37 bits per heavy atom. The lowest BCUT2D eigenvalue weighted by atomic mass is 9.93. The number of hydrogen-bond donors (Lipinski definition) is 2. The van der Waals surface area contributed by atoms with Crippen LogP contribution in [0.1, 0.15) is 5.56 Å². The highest BCUT2D eigenvalue weighted by Gasteiger charge is 2.30. The fourth-order valence-corrected chi connectivity index (χ4v) is 3.13. The molecule has 2 rings (SSSR count). The molecule has 0 amide bonds. The van der Waals surface area contributed by atoms with Gasteiger partial charge in [0.05, 0.1) is 12.1 Å². The van der Waals surface area contributed by atoms with E-state index in [2.05, 4.69) is 10.3 Å². The Morgan fingerprint density at radius 3 is 2.63 bits per heavy atom. The summed E-state index contributed by atoms with van der Waals surface area (Å²) in [6.45, 7) is 0.0466. The smallest absolute Gasteiger partial charge is 0.167 e. The fourth-order valence-electron chi connectivity index (χ4n) is 1.95. The monoisotopic (exact) mass is 277 g/mol. The van der Waals surface area contributed by atoms with Gasteiger partial charge in [0.25, 0.3) is 0 Å². The van der Waals surface area contributed by atoms with Crippen molar-refractivity contribution in [1.82, 2.24) is 14.9 Å². The third-order valence-corrected chi connectivity index (χ3v) is 4.59.